The van der Waals surface area contributed by atoms with Gasteiger partial charge in [0.2, 0.25) is 5.82 Å². The zero-order valence-corrected chi connectivity index (χ0v) is 10.3. The first-order valence-corrected chi connectivity index (χ1v) is 5.46. The molecule has 0 aliphatic rings. The molecule has 1 aromatic rings. The van der Waals surface area contributed by atoms with Gasteiger partial charge in [-0.25, -0.2) is 22.0 Å². The van der Waals surface area contributed by atoms with E-state index >= 15 is 0 Å². The van der Waals surface area contributed by atoms with Crippen molar-refractivity contribution in [1.29, 1.82) is 0 Å². The fraction of sp³-hybridized carbons (Fsp3) is 0.417. The van der Waals surface area contributed by atoms with E-state index < -0.39 is 47.1 Å². The fourth-order valence-electron chi connectivity index (χ4n) is 1.70. The fourth-order valence-corrected chi connectivity index (χ4v) is 1.70. The van der Waals surface area contributed by atoms with Crippen LogP contribution in [0.25, 0.3) is 0 Å². The minimum atomic E-state index is -2.19. The first-order chi connectivity index (χ1) is 8.79. The molecule has 7 heteroatoms. The largest absolute Gasteiger partial charge is 0.316 e. The van der Waals surface area contributed by atoms with Gasteiger partial charge >= 0.3 is 0 Å². The number of hydrogen-bond acceptors (Lipinski definition) is 2. The third-order valence-electron chi connectivity index (χ3n) is 2.69. The maximum absolute atomic E-state index is 13.4. The summed E-state index contributed by atoms with van der Waals surface area (Å²) >= 11 is 0. The molecule has 1 atom stereocenters. The number of nitrogens with one attached hydrogen (secondary N) is 1. The number of likely N-dealkylation sites (N-methyl/N-ethyl adjacent to an activating group) is 1. The Labute approximate surface area is 106 Å². The predicted molar refractivity (Wildman–Crippen MR) is 58.1 cm³/mol. The van der Waals surface area contributed by atoms with Crippen LogP contribution in [0.15, 0.2) is 0 Å². The van der Waals surface area contributed by atoms with E-state index in [1.807, 2.05) is 0 Å². The molecule has 1 rings (SSSR count). The zero-order chi connectivity index (χ0) is 14.7. The van der Waals surface area contributed by atoms with Crippen molar-refractivity contribution in [2.75, 3.05) is 7.05 Å². The van der Waals surface area contributed by atoms with Gasteiger partial charge in [-0.05, 0) is 20.4 Å². The summed E-state index contributed by atoms with van der Waals surface area (Å²) in [4.78, 5) is 10.9. The van der Waals surface area contributed by atoms with Crippen LogP contribution in [0.3, 0.4) is 0 Å². The van der Waals surface area contributed by atoms with Crippen LogP contribution < -0.4 is 5.32 Å². The number of benzene rings is 1. The van der Waals surface area contributed by atoms with Crippen molar-refractivity contribution in [2.45, 2.75) is 25.8 Å². The van der Waals surface area contributed by atoms with Crippen molar-refractivity contribution in [3.63, 3.8) is 0 Å². The van der Waals surface area contributed by atoms with Crippen LogP contribution in [0.4, 0.5) is 22.0 Å². The number of hydrogen-bond donors (Lipinski definition) is 1. The Morgan fingerprint density at radius 1 is 1.00 bits per heavy atom. The van der Waals surface area contributed by atoms with Gasteiger partial charge in [0.05, 0.1) is 0 Å². The normalized spacial score (nSPS) is 12.6. The van der Waals surface area contributed by atoms with Crippen LogP contribution >= 0.6 is 0 Å². The monoisotopic (exact) mass is 281 g/mol. The highest BCUT2D eigenvalue weighted by atomic mass is 19.2. The summed E-state index contributed by atoms with van der Waals surface area (Å²) in [5, 5.41) is 2.60. The molecule has 0 saturated heterocycles. The van der Waals surface area contributed by atoms with E-state index in [9.17, 15) is 26.7 Å². The average molecular weight is 281 g/mol. The average Bonchev–Trinajstić information content (AvgIpc) is 2.37. The van der Waals surface area contributed by atoms with Crippen molar-refractivity contribution in [3.05, 3.63) is 34.6 Å². The summed E-state index contributed by atoms with van der Waals surface area (Å²) in [5.74, 6) is -10.1. The SMILES string of the molecule is CN[C@H](CC(C)=O)Cc1c(F)c(F)c(F)c(F)c1F. The van der Waals surface area contributed by atoms with Gasteiger partial charge in [-0.15, -0.1) is 0 Å². The third-order valence-corrected chi connectivity index (χ3v) is 2.69. The minimum Gasteiger partial charge on any atom is -0.316 e. The van der Waals surface area contributed by atoms with Gasteiger partial charge in [0, 0.05) is 18.0 Å². The second-order valence-electron chi connectivity index (χ2n) is 4.14. The first-order valence-electron chi connectivity index (χ1n) is 5.46. The Morgan fingerprint density at radius 3 is 1.79 bits per heavy atom. The molecule has 1 aromatic carbocycles. The number of Topliss-reactive ketones (excluding diaryl/α,β-unsaturated/α-hetero) is 1. The summed E-state index contributed by atoms with van der Waals surface area (Å²) < 4.78 is 65.6. The molecular formula is C12H12F5NO. The highest BCUT2D eigenvalue weighted by Gasteiger charge is 2.27. The summed E-state index contributed by atoms with van der Waals surface area (Å²) in [6, 6.07) is -0.703. The summed E-state index contributed by atoms with van der Waals surface area (Å²) in [6.07, 6.45) is -0.544. The van der Waals surface area contributed by atoms with Gasteiger partial charge < -0.3 is 5.32 Å². The summed E-state index contributed by atoms with van der Waals surface area (Å²) in [6.45, 7) is 1.27. The molecule has 0 amide bonds. The molecule has 0 fully saturated rings. The topological polar surface area (TPSA) is 29.1 Å². The molecule has 0 aliphatic carbocycles. The number of carbonyl (C=O) groups is 1. The van der Waals surface area contributed by atoms with Crippen molar-refractivity contribution in [1.82, 2.24) is 5.32 Å². The molecule has 0 unspecified atom stereocenters. The van der Waals surface area contributed by atoms with Gasteiger partial charge in [-0.1, -0.05) is 0 Å². The van der Waals surface area contributed by atoms with E-state index in [2.05, 4.69) is 5.32 Å². The Kier molecular flexibility index (Phi) is 4.99. The van der Waals surface area contributed by atoms with Gasteiger partial charge in [0.25, 0.3) is 0 Å². The smallest absolute Gasteiger partial charge is 0.200 e. The summed E-state index contributed by atoms with van der Waals surface area (Å²) in [7, 11) is 1.43. The Balaban J connectivity index is 3.17. The molecule has 106 valence electrons. The molecule has 2 nitrogen and oxygen atoms in total. The van der Waals surface area contributed by atoms with Crippen LogP contribution in [0.5, 0.6) is 0 Å². The van der Waals surface area contributed by atoms with Crippen molar-refractivity contribution in [3.8, 4) is 0 Å². The lowest BCUT2D eigenvalue weighted by molar-refractivity contribution is -0.117. The highest BCUT2D eigenvalue weighted by molar-refractivity contribution is 5.76. The lowest BCUT2D eigenvalue weighted by Gasteiger charge is -2.16. The van der Waals surface area contributed by atoms with Gasteiger partial charge in [0.1, 0.15) is 5.78 Å². The van der Waals surface area contributed by atoms with E-state index in [1.165, 1.54) is 14.0 Å². The van der Waals surface area contributed by atoms with Gasteiger partial charge in [-0.3, -0.25) is 4.79 Å². The Morgan fingerprint density at radius 2 is 1.42 bits per heavy atom. The van der Waals surface area contributed by atoms with Crippen LogP contribution in [0.2, 0.25) is 0 Å². The zero-order valence-electron chi connectivity index (χ0n) is 10.3. The Bertz CT molecular complexity index is 474. The van der Waals surface area contributed by atoms with E-state index in [1.54, 1.807) is 0 Å². The third kappa shape index (κ3) is 3.28. The van der Waals surface area contributed by atoms with Crippen molar-refractivity contribution < 1.29 is 26.7 Å². The van der Waals surface area contributed by atoms with Crippen LogP contribution in [0, 0.1) is 29.1 Å². The molecule has 0 aliphatic heterocycles. The van der Waals surface area contributed by atoms with Crippen LogP contribution in [-0.2, 0) is 11.2 Å². The maximum atomic E-state index is 13.4. The molecule has 0 radical (unpaired) electrons. The second kappa shape index (κ2) is 6.10. The van der Waals surface area contributed by atoms with E-state index in [-0.39, 0.29) is 12.2 Å². The van der Waals surface area contributed by atoms with Crippen molar-refractivity contribution >= 4 is 5.78 Å². The lowest BCUT2D eigenvalue weighted by Crippen LogP contribution is -2.30. The molecule has 0 spiro atoms. The van der Waals surface area contributed by atoms with Crippen molar-refractivity contribution in [2.24, 2.45) is 0 Å². The standard InChI is InChI=1S/C12H12F5NO/c1-5(19)3-6(18-2)4-7-8(13)10(15)12(17)11(16)9(7)14/h6,18H,3-4H2,1-2H3/t6-/m1/s1. The van der Waals surface area contributed by atoms with Crippen LogP contribution in [0.1, 0.15) is 18.9 Å². The quantitative estimate of drug-likeness (QED) is 0.510. The lowest BCUT2D eigenvalue weighted by atomic mass is 10.00. The summed E-state index contributed by atoms with van der Waals surface area (Å²) in [5.41, 5.74) is -0.919. The number of carbonyl (C=O) groups excluding carboxylic acids is 1. The number of rotatable bonds is 5. The van der Waals surface area contributed by atoms with E-state index in [0.29, 0.717) is 0 Å². The molecule has 0 heterocycles. The molecule has 0 bridgehead atoms. The van der Waals surface area contributed by atoms with Crippen LogP contribution in [-0.4, -0.2) is 18.9 Å². The molecule has 1 N–H and O–H groups in total. The maximum Gasteiger partial charge on any atom is 0.200 e. The number of halogens is 5. The number of ketones is 1. The Hall–Kier alpha value is -1.50. The van der Waals surface area contributed by atoms with E-state index in [4.69, 9.17) is 0 Å². The molecule has 0 aromatic heterocycles. The van der Waals surface area contributed by atoms with E-state index in [0.717, 1.165) is 0 Å². The minimum absolute atomic E-state index is 0.0734. The van der Waals surface area contributed by atoms with Gasteiger partial charge in [0.15, 0.2) is 23.3 Å². The molecular weight excluding hydrogens is 269 g/mol. The van der Waals surface area contributed by atoms with Gasteiger partial charge in [-0.2, -0.15) is 0 Å². The first kappa shape index (κ1) is 15.6. The molecule has 0 saturated carbocycles. The predicted octanol–water partition coefficient (Wildman–Crippen LogP) is 2.49. The molecule has 19 heavy (non-hydrogen) atoms. The second-order valence-corrected chi connectivity index (χ2v) is 4.14. The highest BCUT2D eigenvalue weighted by Crippen LogP contribution is 2.24.